The van der Waals surface area contributed by atoms with Crippen LogP contribution in [0.1, 0.15) is 17.3 Å². The minimum absolute atomic E-state index is 0.103. The molecule has 0 aliphatic rings. The number of hydrogen-bond donors (Lipinski definition) is 1. The molecule has 2 aromatic carbocycles. The monoisotopic (exact) mass is 417 g/mol. The Morgan fingerprint density at radius 3 is 2.43 bits per heavy atom. The molecule has 0 atom stereocenters. The third-order valence-corrected chi connectivity index (χ3v) is 5.07. The second-order valence-corrected chi connectivity index (χ2v) is 7.48. The summed E-state index contributed by atoms with van der Waals surface area (Å²) in [5, 5.41) is 0.108. The smallest absolute Gasteiger partial charge is 0.338 e. The first-order valence-corrected chi connectivity index (χ1v) is 9.24. The van der Waals surface area contributed by atoms with Crippen molar-refractivity contribution in [2.75, 3.05) is 11.3 Å². The van der Waals surface area contributed by atoms with E-state index in [9.17, 15) is 13.2 Å². The van der Waals surface area contributed by atoms with Crippen LogP contribution in [-0.2, 0) is 14.8 Å². The fourth-order valence-corrected chi connectivity index (χ4v) is 3.38. The Hall–Kier alpha value is -1.57. The largest absolute Gasteiger partial charge is 0.462 e. The molecule has 0 saturated carbocycles. The molecule has 0 aromatic heterocycles. The molecule has 0 amide bonds. The van der Waals surface area contributed by atoms with Gasteiger partial charge in [-0.15, -0.1) is 0 Å². The molecule has 0 radical (unpaired) electrons. The van der Waals surface area contributed by atoms with Gasteiger partial charge in [0, 0.05) is 4.47 Å². The molecular weight excluding hydrogens is 406 g/mol. The predicted molar refractivity (Wildman–Crippen MR) is 92.4 cm³/mol. The first kappa shape index (κ1) is 17.8. The molecular formula is C15H13BrClNO4S. The predicted octanol–water partition coefficient (Wildman–Crippen LogP) is 4.08. The van der Waals surface area contributed by atoms with Crippen LogP contribution in [0.2, 0.25) is 5.02 Å². The van der Waals surface area contributed by atoms with Crippen LogP contribution in [0.25, 0.3) is 0 Å². The molecule has 2 rings (SSSR count). The number of anilines is 1. The molecule has 5 nitrogen and oxygen atoms in total. The van der Waals surface area contributed by atoms with Crippen molar-refractivity contribution in [3.8, 4) is 0 Å². The molecule has 0 fully saturated rings. The molecule has 0 aliphatic heterocycles. The van der Waals surface area contributed by atoms with Crippen LogP contribution < -0.4 is 4.72 Å². The van der Waals surface area contributed by atoms with Gasteiger partial charge in [-0.1, -0.05) is 27.5 Å². The average molecular weight is 419 g/mol. The summed E-state index contributed by atoms with van der Waals surface area (Å²) >= 11 is 9.29. The molecule has 8 heteroatoms. The third-order valence-electron chi connectivity index (χ3n) is 2.85. The number of halogens is 2. The first-order valence-electron chi connectivity index (χ1n) is 6.58. The van der Waals surface area contributed by atoms with Gasteiger partial charge in [0.15, 0.2) is 0 Å². The number of carbonyl (C=O) groups excluding carboxylic acids is 1. The standard InChI is InChI=1S/C15H13BrClNO4S/c1-2-22-15(19)10-3-8-14(13(17)9-10)18-23(20,21)12-6-4-11(16)5-7-12/h3-9,18H,2H2,1H3. The minimum atomic E-state index is -3.77. The number of nitrogens with one attached hydrogen (secondary N) is 1. The van der Waals surface area contributed by atoms with E-state index in [-0.39, 0.29) is 27.8 Å². The maximum Gasteiger partial charge on any atom is 0.338 e. The lowest BCUT2D eigenvalue weighted by Crippen LogP contribution is -2.13. The lowest BCUT2D eigenvalue weighted by molar-refractivity contribution is 0.0526. The molecule has 0 aliphatic carbocycles. The highest BCUT2D eigenvalue weighted by Gasteiger charge is 2.17. The Morgan fingerprint density at radius 2 is 1.87 bits per heavy atom. The van der Waals surface area contributed by atoms with Crippen molar-refractivity contribution < 1.29 is 17.9 Å². The Labute approximate surface area is 147 Å². The van der Waals surface area contributed by atoms with E-state index in [2.05, 4.69) is 20.7 Å². The number of ether oxygens (including phenoxy) is 1. The molecule has 2 aromatic rings. The van der Waals surface area contributed by atoms with E-state index in [0.29, 0.717) is 0 Å². The first-order chi connectivity index (χ1) is 10.8. The van der Waals surface area contributed by atoms with E-state index in [4.69, 9.17) is 16.3 Å². The maximum atomic E-state index is 12.3. The highest BCUT2D eigenvalue weighted by atomic mass is 79.9. The van der Waals surface area contributed by atoms with Crippen molar-refractivity contribution in [2.24, 2.45) is 0 Å². The average Bonchev–Trinajstić information content (AvgIpc) is 2.50. The van der Waals surface area contributed by atoms with E-state index in [1.54, 1.807) is 19.1 Å². The Morgan fingerprint density at radius 1 is 1.22 bits per heavy atom. The Kier molecular flexibility index (Phi) is 5.67. The van der Waals surface area contributed by atoms with Gasteiger partial charge in [-0.05, 0) is 49.4 Å². The van der Waals surface area contributed by atoms with Gasteiger partial charge in [0.25, 0.3) is 10.0 Å². The van der Waals surface area contributed by atoms with Gasteiger partial charge in [-0.25, -0.2) is 13.2 Å². The van der Waals surface area contributed by atoms with Crippen LogP contribution >= 0.6 is 27.5 Å². The number of hydrogen-bond acceptors (Lipinski definition) is 4. The van der Waals surface area contributed by atoms with Crippen molar-refractivity contribution in [1.29, 1.82) is 0 Å². The highest BCUT2D eigenvalue weighted by molar-refractivity contribution is 9.10. The van der Waals surface area contributed by atoms with Crippen molar-refractivity contribution >= 4 is 49.2 Å². The quantitative estimate of drug-likeness (QED) is 0.743. The molecule has 0 unspecified atom stereocenters. The summed E-state index contributed by atoms with van der Waals surface area (Å²) in [5.41, 5.74) is 0.436. The summed E-state index contributed by atoms with van der Waals surface area (Å²) in [7, 11) is -3.77. The van der Waals surface area contributed by atoms with Gasteiger partial charge in [0.1, 0.15) is 0 Å². The molecule has 0 bridgehead atoms. The normalized spacial score (nSPS) is 11.1. The van der Waals surface area contributed by atoms with Crippen LogP contribution in [0, 0.1) is 0 Å². The van der Waals surface area contributed by atoms with E-state index in [1.807, 2.05) is 0 Å². The number of rotatable bonds is 5. The SMILES string of the molecule is CCOC(=O)c1ccc(NS(=O)(=O)c2ccc(Br)cc2)c(Cl)c1. The zero-order valence-electron chi connectivity index (χ0n) is 12.0. The molecule has 1 N–H and O–H groups in total. The van der Waals surface area contributed by atoms with Crippen molar-refractivity contribution in [3.63, 3.8) is 0 Å². The minimum Gasteiger partial charge on any atom is -0.462 e. The summed E-state index contributed by atoms with van der Waals surface area (Å²) in [6.45, 7) is 1.94. The molecule has 23 heavy (non-hydrogen) atoms. The van der Waals surface area contributed by atoms with Crippen LogP contribution in [0.15, 0.2) is 51.8 Å². The number of benzene rings is 2. The number of sulfonamides is 1. The van der Waals surface area contributed by atoms with Crippen LogP contribution in [0.3, 0.4) is 0 Å². The van der Waals surface area contributed by atoms with Gasteiger partial charge in [-0.2, -0.15) is 0 Å². The van der Waals surface area contributed by atoms with E-state index in [0.717, 1.165) is 4.47 Å². The van der Waals surface area contributed by atoms with Gasteiger partial charge >= 0.3 is 5.97 Å². The van der Waals surface area contributed by atoms with Gasteiger partial charge < -0.3 is 4.74 Å². The molecule has 0 heterocycles. The van der Waals surface area contributed by atoms with Crippen LogP contribution in [0.4, 0.5) is 5.69 Å². The van der Waals surface area contributed by atoms with Gasteiger partial charge in [0.2, 0.25) is 0 Å². The zero-order valence-corrected chi connectivity index (χ0v) is 15.2. The summed E-state index contributed by atoms with van der Waals surface area (Å²) in [5.74, 6) is -0.517. The van der Waals surface area contributed by atoms with Crippen LogP contribution in [-0.4, -0.2) is 21.0 Å². The summed E-state index contributed by atoms with van der Waals surface area (Å²) in [4.78, 5) is 11.7. The fraction of sp³-hybridized carbons (Fsp3) is 0.133. The topological polar surface area (TPSA) is 72.5 Å². The Balaban J connectivity index is 2.26. The summed E-state index contributed by atoms with van der Waals surface area (Å²) in [6.07, 6.45) is 0. The molecule has 122 valence electrons. The van der Waals surface area contributed by atoms with Crippen molar-refractivity contribution in [2.45, 2.75) is 11.8 Å². The molecule has 0 saturated heterocycles. The zero-order chi connectivity index (χ0) is 17.0. The van der Waals surface area contributed by atoms with E-state index < -0.39 is 16.0 Å². The maximum absolute atomic E-state index is 12.3. The lowest BCUT2D eigenvalue weighted by atomic mass is 10.2. The Bertz CT molecular complexity index is 822. The highest BCUT2D eigenvalue weighted by Crippen LogP contribution is 2.26. The third kappa shape index (κ3) is 4.46. The van der Waals surface area contributed by atoms with E-state index >= 15 is 0 Å². The fourth-order valence-electron chi connectivity index (χ4n) is 1.76. The van der Waals surface area contributed by atoms with Crippen molar-refractivity contribution in [1.82, 2.24) is 0 Å². The number of esters is 1. The second-order valence-electron chi connectivity index (χ2n) is 4.47. The summed E-state index contributed by atoms with van der Waals surface area (Å²) in [6, 6.07) is 10.4. The van der Waals surface area contributed by atoms with Gasteiger partial charge in [0.05, 0.1) is 27.8 Å². The van der Waals surface area contributed by atoms with Crippen LogP contribution in [0.5, 0.6) is 0 Å². The summed E-state index contributed by atoms with van der Waals surface area (Å²) < 4.78 is 32.6. The van der Waals surface area contributed by atoms with E-state index in [1.165, 1.54) is 30.3 Å². The second kappa shape index (κ2) is 7.33. The molecule has 0 spiro atoms. The van der Waals surface area contributed by atoms with Crippen molar-refractivity contribution in [3.05, 3.63) is 57.5 Å². The number of carbonyl (C=O) groups is 1. The van der Waals surface area contributed by atoms with Gasteiger partial charge in [-0.3, -0.25) is 4.72 Å². The lowest BCUT2D eigenvalue weighted by Gasteiger charge is -2.11.